The zero-order chi connectivity index (χ0) is 26.9. The summed E-state index contributed by atoms with van der Waals surface area (Å²) in [6.45, 7) is 2.26. The molecule has 0 saturated heterocycles. The molecule has 0 amide bonds. The lowest BCUT2D eigenvalue weighted by Crippen LogP contribution is -2.37. The van der Waals surface area contributed by atoms with E-state index in [-0.39, 0.29) is 10.6 Å². The third-order valence-corrected chi connectivity index (χ3v) is 6.61. The number of halogens is 2. The third-order valence-electron chi connectivity index (χ3n) is 6.31. The van der Waals surface area contributed by atoms with Gasteiger partial charge in [-0.15, -0.1) is 5.10 Å². The molecule has 0 bridgehead atoms. The zero-order valence-corrected chi connectivity index (χ0v) is 21.3. The molecule has 0 aliphatic carbocycles. The van der Waals surface area contributed by atoms with E-state index in [2.05, 4.69) is 30.7 Å². The van der Waals surface area contributed by atoms with Crippen molar-refractivity contribution in [2.24, 2.45) is 0 Å². The highest BCUT2D eigenvalue weighted by molar-refractivity contribution is 6.31. The molecular weight excluding hydrogens is 523 g/mol. The molecule has 13 heteroatoms. The van der Waals surface area contributed by atoms with Gasteiger partial charge in [-0.2, -0.15) is 19.6 Å². The quantitative estimate of drug-likeness (QED) is 0.222. The summed E-state index contributed by atoms with van der Waals surface area (Å²) in [7, 11) is 0. The largest absolute Gasteiger partial charge is 0.618 e. The van der Waals surface area contributed by atoms with Gasteiger partial charge >= 0.3 is 0 Å². The molecule has 6 aromatic rings. The molecule has 0 spiro atoms. The summed E-state index contributed by atoms with van der Waals surface area (Å²) >= 11 is 6.09. The average molecular weight is 543 g/mol. The second-order valence-corrected chi connectivity index (χ2v) is 9.22. The molecule has 11 nitrogen and oxygen atoms in total. The van der Waals surface area contributed by atoms with Crippen LogP contribution in [-0.4, -0.2) is 44.8 Å². The van der Waals surface area contributed by atoms with Crippen molar-refractivity contribution in [2.45, 2.75) is 19.5 Å². The Morgan fingerprint density at radius 1 is 1.08 bits per heavy atom. The van der Waals surface area contributed by atoms with Gasteiger partial charge in [0.15, 0.2) is 18.1 Å². The molecule has 6 rings (SSSR count). The maximum atomic E-state index is 15.3. The van der Waals surface area contributed by atoms with Crippen molar-refractivity contribution < 1.29 is 9.12 Å². The van der Waals surface area contributed by atoms with Crippen LogP contribution in [0, 0.1) is 17.9 Å². The minimum Gasteiger partial charge on any atom is -0.618 e. The number of aromatic nitrogens is 10. The fourth-order valence-corrected chi connectivity index (χ4v) is 4.61. The molecule has 0 aliphatic rings. The van der Waals surface area contributed by atoms with Gasteiger partial charge in [0.2, 0.25) is 5.69 Å². The predicted molar refractivity (Wildman–Crippen MR) is 139 cm³/mol. The van der Waals surface area contributed by atoms with E-state index in [0.717, 1.165) is 16.8 Å². The van der Waals surface area contributed by atoms with Crippen molar-refractivity contribution in [3.05, 3.63) is 113 Å². The van der Waals surface area contributed by atoms with Crippen LogP contribution in [0.2, 0.25) is 5.02 Å². The SMILES string of the molecule is Cc1cc(-c2cnn(C(Cn3cccn3)c3ccc(-c4c(-n5cnnn5)ccc(Cl)c4F)c[n+]3[O-])c2)ccn1. The van der Waals surface area contributed by atoms with E-state index in [1.54, 1.807) is 46.2 Å². The number of rotatable bonds is 7. The first-order valence-electron chi connectivity index (χ1n) is 11.9. The summed E-state index contributed by atoms with van der Waals surface area (Å²) in [5.74, 6) is -0.685. The van der Waals surface area contributed by atoms with Crippen molar-refractivity contribution in [3.63, 3.8) is 0 Å². The lowest BCUT2D eigenvalue weighted by atomic mass is 10.0. The molecule has 0 radical (unpaired) electrons. The first-order valence-corrected chi connectivity index (χ1v) is 12.2. The Hall–Kier alpha value is -4.97. The third kappa shape index (κ3) is 4.73. The van der Waals surface area contributed by atoms with Crippen LogP contribution in [0.15, 0.2) is 86.0 Å². The first-order chi connectivity index (χ1) is 19.0. The topological polar surface area (TPSA) is 119 Å². The fraction of sp³-hybridized carbons (Fsp3) is 0.115. The number of nitrogens with zero attached hydrogens (tertiary/aromatic N) is 10. The summed E-state index contributed by atoms with van der Waals surface area (Å²) in [4.78, 5) is 4.25. The van der Waals surface area contributed by atoms with Gasteiger partial charge in [0.25, 0.3) is 0 Å². The molecule has 1 unspecified atom stereocenters. The number of benzene rings is 1. The molecule has 0 N–H and O–H groups in total. The van der Waals surface area contributed by atoms with Gasteiger partial charge < -0.3 is 5.21 Å². The second-order valence-electron chi connectivity index (χ2n) is 8.82. The van der Waals surface area contributed by atoms with Crippen molar-refractivity contribution in [2.75, 3.05) is 0 Å². The van der Waals surface area contributed by atoms with E-state index in [1.165, 1.54) is 23.3 Å². The highest BCUT2D eigenvalue weighted by Gasteiger charge is 2.26. The van der Waals surface area contributed by atoms with E-state index < -0.39 is 11.9 Å². The zero-order valence-electron chi connectivity index (χ0n) is 20.5. The molecule has 5 heterocycles. The Bertz CT molecular complexity index is 1750. The fourth-order valence-electron chi connectivity index (χ4n) is 4.46. The van der Waals surface area contributed by atoms with E-state index in [4.69, 9.17) is 11.6 Å². The average Bonchev–Trinajstić information content (AvgIpc) is 3.72. The number of tetrazole rings is 1. The summed E-state index contributed by atoms with van der Waals surface area (Å²) in [5.41, 5.74) is 3.87. The predicted octanol–water partition coefficient (Wildman–Crippen LogP) is 3.81. The normalized spacial score (nSPS) is 12.1. The Morgan fingerprint density at radius 2 is 1.97 bits per heavy atom. The first kappa shape index (κ1) is 24.4. The molecular formula is C26H20ClFN10O. The monoisotopic (exact) mass is 542 g/mol. The Labute approximate surface area is 226 Å². The number of aryl methyl sites for hydroxylation is 1. The Kier molecular flexibility index (Phi) is 6.29. The van der Waals surface area contributed by atoms with Crippen LogP contribution in [0.3, 0.4) is 0 Å². The van der Waals surface area contributed by atoms with Crippen LogP contribution >= 0.6 is 11.6 Å². The van der Waals surface area contributed by atoms with Crippen molar-refractivity contribution >= 4 is 11.6 Å². The summed E-state index contributed by atoms with van der Waals surface area (Å²) < 4.78 is 20.8. The molecule has 194 valence electrons. The van der Waals surface area contributed by atoms with Crippen LogP contribution in [0.25, 0.3) is 27.9 Å². The maximum Gasteiger partial charge on any atom is 0.219 e. The Morgan fingerprint density at radius 3 is 2.72 bits per heavy atom. The lowest BCUT2D eigenvalue weighted by Gasteiger charge is -2.18. The van der Waals surface area contributed by atoms with E-state index in [1.807, 2.05) is 37.5 Å². The summed E-state index contributed by atoms with van der Waals surface area (Å²) in [6.07, 6.45) is 11.5. The highest BCUT2D eigenvalue weighted by atomic mass is 35.5. The molecule has 5 aromatic heterocycles. The van der Waals surface area contributed by atoms with Gasteiger partial charge in [-0.3, -0.25) is 14.3 Å². The number of pyridine rings is 2. The van der Waals surface area contributed by atoms with Gasteiger partial charge in [-0.1, -0.05) is 11.6 Å². The lowest BCUT2D eigenvalue weighted by molar-refractivity contribution is -0.615. The van der Waals surface area contributed by atoms with Crippen molar-refractivity contribution in [1.82, 2.24) is 44.8 Å². The van der Waals surface area contributed by atoms with E-state index in [9.17, 15) is 5.21 Å². The molecule has 1 aromatic carbocycles. The van der Waals surface area contributed by atoms with Gasteiger partial charge in [-0.05, 0) is 59.3 Å². The molecule has 1 atom stereocenters. The van der Waals surface area contributed by atoms with Crippen LogP contribution in [0.1, 0.15) is 17.4 Å². The van der Waals surface area contributed by atoms with Crippen LogP contribution in [0.4, 0.5) is 4.39 Å². The smallest absolute Gasteiger partial charge is 0.219 e. The van der Waals surface area contributed by atoms with E-state index >= 15 is 4.39 Å². The number of hydrogen-bond acceptors (Lipinski definition) is 7. The second kappa shape index (κ2) is 10.1. The van der Waals surface area contributed by atoms with Gasteiger partial charge in [0.05, 0.1) is 34.6 Å². The highest BCUT2D eigenvalue weighted by Crippen LogP contribution is 2.33. The minimum atomic E-state index is -0.685. The molecule has 0 saturated carbocycles. The number of hydrogen-bond donors (Lipinski definition) is 0. The molecule has 0 fully saturated rings. The van der Waals surface area contributed by atoms with Crippen LogP contribution in [0.5, 0.6) is 0 Å². The van der Waals surface area contributed by atoms with Crippen LogP contribution in [-0.2, 0) is 6.54 Å². The van der Waals surface area contributed by atoms with Crippen molar-refractivity contribution in [3.8, 4) is 27.9 Å². The van der Waals surface area contributed by atoms with Gasteiger partial charge in [0, 0.05) is 42.1 Å². The van der Waals surface area contributed by atoms with Gasteiger partial charge in [0.1, 0.15) is 6.33 Å². The van der Waals surface area contributed by atoms with Gasteiger partial charge in [-0.25, -0.2) is 4.39 Å². The van der Waals surface area contributed by atoms with Crippen molar-refractivity contribution in [1.29, 1.82) is 0 Å². The summed E-state index contributed by atoms with van der Waals surface area (Å²) in [6, 6.07) is 11.5. The molecule has 39 heavy (non-hydrogen) atoms. The van der Waals surface area contributed by atoms with E-state index in [0.29, 0.717) is 28.2 Å². The minimum absolute atomic E-state index is 0.0877. The Balaban J connectivity index is 1.43. The van der Waals surface area contributed by atoms with Crippen LogP contribution < -0.4 is 4.73 Å². The maximum absolute atomic E-state index is 15.3. The summed E-state index contributed by atoms with van der Waals surface area (Å²) in [5, 5.41) is 33.4. The standard InChI is InChI=1S/C26H20ClFN10O/c1-17-11-18(7-9-29-17)20-12-32-36(13-20)24(15-35-10-2-8-31-35)22-5-3-19(14-38(22)39)25-23(37-16-30-33-34-37)6-4-21(27)26(25)28/h2-14,16,24H,15H2,1H3. The molecule has 0 aliphatic heterocycles.